The molecule has 3 aromatic rings. The highest BCUT2D eigenvalue weighted by Gasteiger charge is 2.22. The molecular weight excluding hydrogens is 328 g/mol. The molecular formula is C21H20N2O3. The van der Waals surface area contributed by atoms with Crippen molar-refractivity contribution in [2.75, 3.05) is 33.4 Å². The maximum atomic E-state index is 13.2. The minimum absolute atomic E-state index is 0.0167. The predicted octanol–water partition coefficient (Wildman–Crippen LogP) is 3.38. The predicted molar refractivity (Wildman–Crippen MR) is 100 cm³/mol. The molecule has 2 heterocycles. The van der Waals surface area contributed by atoms with Gasteiger partial charge in [0.25, 0.3) is 5.91 Å². The Morgan fingerprint density at radius 1 is 1.08 bits per heavy atom. The summed E-state index contributed by atoms with van der Waals surface area (Å²) in [4.78, 5) is 19.8. The van der Waals surface area contributed by atoms with Gasteiger partial charge >= 0.3 is 0 Å². The second-order valence-corrected chi connectivity index (χ2v) is 6.18. The molecule has 1 amide bonds. The average molecular weight is 348 g/mol. The summed E-state index contributed by atoms with van der Waals surface area (Å²) in [6.45, 7) is 2.38. The third-order valence-electron chi connectivity index (χ3n) is 4.63. The van der Waals surface area contributed by atoms with E-state index in [1.807, 2.05) is 59.5 Å². The number of hydrogen-bond donors (Lipinski definition) is 0. The molecule has 2 aromatic carbocycles. The van der Waals surface area contributed by atoms with Gasteiger partial charge in [0, 0.05) is 24.0 Å². The molecule has 1 aromatic heterocycles. The summed E-state index contributed by atoms with van der Waals surface area (Å²) in [6.07, 6.45) is 0. The van der Waals surface area contributed by atoms with Crippen LogP contribution < -0.4 is 4.74 Å². The zero-order valence-electron chi connectivity index (χ0n) is 14.6. The van der Waals surface area contributed by atoms with Crippen molar-refractivity contribution < 1.29 is 14.3 Å². The molecule has 0 unspecified atom stereocenters. The lowest BCUT2D eigenvalue weighted by Gasteiger charge is -2.27. The number of morpholine rings is 1. The number of carbonyl (C=O) groups is 1. The van der Waals surface area contributed by atoms with Crippen LogP contribution in [0.3, 0.4) is 0 Å². The number of ether oxygens (including phenoxy) is 2. The highest BCUT2D eigenvalue weighted by atomic mass is 16.5. The van der Waals surface area contributed by atoms with Crippen molar-refractivity contribution >= 4 is 16.8 Å². The van der Waals surface area contributed by atoms with E-state index in [0.717, 1.165) is 27.9 Å². The second kappa shape index (κ2) is 7.14. The molecule has 0 N–H and O–H groups in total. The summed E-state index contributed by atoms with van der Waals surface area (Å²) in [5.41, 5.74) is 3.07. The molecule has 0 saturated carbocycles. The quantitative estimate of drug-likeness (QED) is 0.728. The van der Waals surface area contributed by atoms with E-state index < -0.39 is 0 Å². The molecule has 1 saturated heterocycles. The van der Waals surface area contributed by atoms with Gasteiger partial charge in [-0.25, -0.2) is 4.98 Å². The fourth-order valence-electron chi connectivity index (χ4n) is 3.28. The number of aromatic nitrogens is 1. The molecule has 0 bridgehead atoms. The van der Waals surface area contributed by atoms with Crippen molar-refractivity contribution in [3.8, 4) is 17.0 Å². The summed E-state index contributed by atoms with van der Waals surface area (Å²) >= 11 is 0. The van der Waals surface area contributed by atoms with Crippen LogP contribution in [0.1, 0.15) is 10.4 Å². The summed E-state index contributed by atoms with van der Waals surface area (Å²) in [6, 6.07) is 17.3. The topological polar surface area (TPSA) is 51.7 Å². The van der Waals surface area contributed by atoms with Crippen LogP contribution in [0.15, 0.2) is 54.6 Å². The van der Waals surface area contributed by atoms with E-state index in [2.05, 4.69) is 0 Å². The molecule has 1 aliphatic heterocycles. The van der Waals surface area contributed by atoms with Gasteiger partial charge in [-0.15, -0.1) is 0 Å². The largest absolute Gasteiger partial charge is 0.496 e. The van der Waals surface area contributed by atoms with Gasteiger partial charge < -0.3 is 14.4 Å². The van der Waals surface area contributed by atoms with Crippen molar-refractivity contribution in [1.29, 1.82) is 0 Å². The van der Waals surface area contributed by atoms with Crippen LogP contribution in [0.5, 0.6) is 5.75 Å². The smallest absolute Gasteiger partial charge is 0.254 e. The number of fused-ring (bicyclic) bond motifs is 1. The van der Waals surface area contributed by atoms with Crippen LogP contribution >= 0.6 is 0 Å². The summed E-state index contributed by atoms with van der Waals surface area (Å²) in [7, 11) is 1.64. The molecule has 0 spiro atoms. The Bertz CT molecular complexity index is 949. The van der Waals surface area contributed by atoms with E-state index in [4.69, 9.17) is 14.5 Å². The molecule has 4 rings (SSSR count). The summed E-state index contributed by atoms with van der Waals surface area (Å²) in [5, 5.41) is 0.864. The van der Waals surface area contributed by atoms with E-state index in [-0.39, 0.29) is 5.91 Å². The Morgan fingerprint density at radius 2 is 1.81 bits per heavy atom. The van der Waals surface area contributed by atoms with Gasteiger partial charge in [-0.3, -0.25) is 4.79 Å². The number of methoxy groups -OCH3 is 1. The fourth-order valence-corrected chi connectivity index (χ4v) is 3.28. The maximum absolute atomic E-state index is 13.2. The number of rotatable bonds is 3. The molecule has 0 aliphatic carbocycles. The standard InChI is InChI=1S/C21H20N2O3/c1-25-20-9-5-3-7-16(20)19-14-17(15-6-2-4-8-18(15)22-19)21(24)23-10-12-26-13-11-23/h2-9,14H,10-13H2,1H3. The number of amides is 1. The van der Waals surface area contributed by atoms with Crippen molar-refractivity contribution in [2.45, 2.75) is 0 Å². The third-order valence-corrected chi connectivity index (χ3v) is 4.63. The van der Waals surface area contributed by atoms with E-state index in [9.17, 15) is 4.79 Å². The van der Waals surface area contributed by atoms with Crippen molar-refractivity contribution in [3.63, 3.8) is 0 Å². The SMILES string of the molecule is COc1ccccc1-c1cc(C(=O)N2CCOCC2)c2ccccc2n1. The lowest BCUT2D eigenvalue weighted by molar-refractivity contribution is 0.0304. The van der Waals surface area contributed by atoms with Gasteiger partial charge in [0.05, 0.1) is 37.1 Å². The van der Waals surface area contributed by atoms with Crippen molar-refractivity contribution in [1.82, 2.24) is 9.88 Å². The molecule has 0 atom stereocenters. The number of para-hydroxylation sites is 2. The Labute approximate surface area is 152 Å². The first-order valence-corrected chi connectivity index (χ1v) is 8.68. The normalized spacial score (nSPS) is 14.4. The van der Waals surface area contributed by atoms with Crippen LogP contribution in [0.4, 0.5) is 0 Å². The van der Waals surface area contributed by atoms with Crippen LogP contribution in [0, 0.1) is 0 Å². The van der Waals surface area contributed by atoms with Gasteiger partial charge in [0.1, 0.15) is 5.75 Å². The molecule has 0 radical (unpaired) electrons. The van der Waals surface area contributed by atoms with E-state index in [0.29, 0.717) is 31.9 Å². The van der Waals surface area contributed by atoms with Gasteiger partial charge in [0.15, 0.2) is 0 Å². The van der Waals surface area contributed by atoms with Crippen LogP contribution in [0.2, 0.25) is 0 Å². The summed E-state index contributed by atoms with van der Waals surface area (Å²) < 4.78 is 10.9. The first-order chi connectivity index (χ1) is 12.8. The Balaban J connectivity index is 1.87. The van der Waals surface area contributed by atoms with E-state index >= 15 is 0 Å². The van der Waals surface area contributed by atoms with Crippen LogP contribution in [0.25, 0.3) is 22.2 Å². The number of carbonyl (C=O) groups excluding carboxylic acids is 1. The Kier molecular flexibility index (Phi) is 4.54. The lowest BCUT2D eigenvalue weighted by atomic mass is 10.0. The molecule has 26 heavy (non-hydrogen) atoms. The minimum atomic E-state index is 0.0167. The van der Waals surface area contributed by atoms with Gasteiger partial charge in [-0.1, -0.05) is 30.3 Å². The van der Waals surface area contributed by atoms with E-state index in [1.165, 1.54) is 0 Å². The lowest BCUT2D eigenvalue weighted by Crippen LogP contribution is -2.40. The van der Waals surface area contributed by atoms with E-state index in [1.54, 1.807) is 7.11 Å². The van der Waals surface area contributed by atoms with Gasteiger partial charge in [0.2, 0.25) is 0 Å². The van der Waals surface area contributed by atoms with Crippen molar-refractivity contribution in [3.05, 3.63) is 60.2 Å². The Morgan fingerprint density at radius 3 is 2.62 bits per heavy atom. The zero-order chi connectivity index (χ0) is 17.9. The second-order valence-electron chi connectivity index (χ2n) is 6.18. The maximum Gasteiger partial charge on any atom is 0.254 e. The van der Waals surface area contributed by atoms with Crippen LogP contribution in [-0.2, 0) is 4.74 Å². The molecule has 5 heteroatoms. The van der Waals surface area contributed by atoms with Crippen LogP contribution in [-0.4, -0.2) is 49.2 Å². The minimum Gasteiger partial charge on any atom is -0.496 e. The number of hydrogen-bond acceptors (Lipinski definition) is 4. The summed E-state index contributed by atoms with van der Waals surface area (Å²) in [5.74, 6) is 0.753. The molecule has 1 fully saturated rings. The third kappa shape index (κ3) is 3.02. The Hall–Kier alpha value is -2.92. The van der Waals surface area contributed by atoms with Gasteiger partial charge in [-0.05, 0) is 24.3 Å². The van der Waals surface area contributed by atoms with Gasteiger partial charge in [-0.2, -0.15) is 0 Å². The molecule has 1 aliphatic rings. The first-order valence-electron chi connectivity index (χ1n) is 8.68. The highest BCUT2D eigenvalue weighted by molar-refractivity contribution is 6.07. The zero-order valence-corrected chi connectivity index (χ0v) is 14.6. The molecule has 5 nitrogen and oxygen atoms in total. The molecule has 132 valence electrons. The monoisotopic (exact) mass is 348 g/mol. The van der Waals surface area contributed by atoms with Crippen molar-refractivity contribution in [2.24, 2.45) is 0 Å². The highest BCUT2D eigenvalue weighted by Crippen LogP contribution is 2.31. The fraction of sp³-hybridized carbons (Fsp3) is 0.238. The number of benzene rings is 2. The number of nitrogens with zero attached hydrogens (tertiary/aromatic N) is 2. The average Bonchev–Trinajstić information content (AvgIpc) is 2.73. The first kappa shape index (κ1) is 16.5. The number of pyridine rings is 1.